The largest absolute Gasteiger partial charge is 0.459 e. The van der Waals surface area contributed by atoms with Crippen molar-refractivity contribution in [2.75, 3.05) is 13.2 Å². The second-order valence-electron chi connectivity index (χ2n) is 6.62. The second-order valence-corrected chi connectivity index (χ2v) is 6.62. The Morgan fingerprint density at radius 2 is 1.93 bits per heavy atom. The van der Waals surface area contributed by atoms with Crippen molar-refractivity contribution in [2.24, 2.45) is 5.92 Å². The number of carbonyl (C=O) groups is 4. The molecule has 0 aliphatic carbocycles. The van der Waals surface area contributed by atoms with Crippen molar-refractivity contribution in [1.29, 1.82) is 0 Å². The highest BCUT2D eigenvalue weighted by Crippen LogP contribution is 2.28. The monoisotopic (exact) mass is 399 g/mol. The van der Waals surface area contributed by atoms with E-state index in [0.29, 0.717) is 0 Å². The summed E-state index contributed by atoms with van der Waals surface area (Å²) in [6, 6.07) is 12.3. The van der Waals surface area contributed by atoms with Gasteiger partial charge in [-0.2, -0.15) is 0 Å². The van der Waals surface area contributed by atoms with Crippen LogP contribution in [0.2, 0.25) is 0 Å². The van der Waals surface area contributed by atoms with Crippen molar-refractivity contribution >= 4 is 23.7 Å². The van der Waals surface area contributed by atoms with E-state index in [1.165, 1.54) is 18.4 Å². The first-order valence-electron chi connectivity index (χ1n) is 9.09. The quantitative estimate of drug-likeness (QED) is 0.557. The summed E-state index contributed by atoms with van der Waals surface area (Å²) < 4.78 is 9.87. The van der Waals surface area contributed by atoms with Crippen LogP contribution in [0, 0.1) is 5.92 Å². The number of hydrazine groups is 1. The molecule has 0 radical (unpaired) electrons. The van der Waals surface area contributed by atoms with E-state index in [1.807, 2.05) is 37.3 Å². The van der Waals surface area contributed by atoms with Crippen molar-refractivity contribution < 1.29 is 28.3 Å². The van der Waals surface area contributed by atoms with E-state index in [1.54, 1.807) is 4.90 Å². The van der Waals surface area contributed by atoms with E-state index in [4.69, 9.17) is 9.15 Å². The molecule has 1 aliphatic rings. The molecule has 0 bridgehead atoms. The van der Waals surface area contributed by atoms with Gasteiger partial charge in [-0.05, 0) is 24.6 Å². The van der Waals surface area contributed by atoms with Gasteiger partial charge in [-0.3, -0.25) is 30.0 Å². The van der Waals surface area contributed by atoms with Crippen LogP contribution in [0.15, 0.2) is 53.1 Å². The first kappa shape index (κ1) is 20.1. The molecular weight excluding hydrogens is 378 g/mol. The van der Waals surface area contributed by atoms with Gasteiger partial charge in [0.1, 0.15) is 0 Å². The fourth-order valence-electron chi connectivity index (χ4n) is 3.06. The van der Waals surface area contributed by atoms with Gasteiger partial charge in [-0.25, -0.2) is 0 Å². The van der Waals surface area contributed by atoms with Gasteiger partial charge in [0.25, 0.3) is 5.91 Å². The molecule has 0 spiro atoms. The molecule has 1 saturated heterocycles. The fraction of sp³-hybridized carbons (Fsp3) is 0.300. The molecule has 2 heterocycles. The molecule has 152 valence electrons. The zero-order valence-corrected chi connectivity index (χ0v) is 15.8. The number of hydrogen-bond donors (Lipinski definition) is 2. The lowest BCUT2D eigenvalue weighted by molar-refractivity contribution is -0.152. The number of esters is 1. The predicted octanol–water partition coefficient (Wildman–Crippen LogP) is 1.19. The molecule has 0 unspecified atom stereocenters. The minimum absolute atomic E-state index is 0.0272. The van der Waals surface area contributed by atoms with Gasteiger partial charge in [0.05, 0.1) is 18.2 Å². The summed E-state index contributed by atoms with van der Waals surface area (Å²) in [7, 11) is 0. The highest BCUT2D eigenvalue weighted by molar-refractivity contribution is 5.93. The summed E-state index contributed by atoms with van der Waals surface area (Å²) in [5.41, 5.74) is 5.23. The van der Waals surface area contributed by atoms with Gasteiger partial charge in [0.2, 0.25) is 5.91 Å². The van der Waals surface area contributed by atoms with Crippen molar-refractivity contribution in [3.8, 4) is 0 Å². The number of amides is 3. The molecule has 1 fully saturated rings. The molecule has 9 nitrogen and oxygen atoms in total. The molecule has 2 N–H and O–H groups in total. The van der Waals surface area contributed by atoms with Crippen LogP contribution >= 0.6 is 0 Å². The summed E-state index contributed by atoms with van der Waals surface area (Å²) in [6.45, 7) is 1.55. The molecule has 0 saturated carbocycles. The minimum Gasteiger partial charge on any atom is -0.459 e. The Labute approximate surface area is 167 Å². The van der Waals surface area contributed by atoms with Gasteiger partial charge < -0.3 is 14.1 Å². The maximum Gasteiger partial charge on any atom is 0.311 e. The van der Waals surface area contributed by atoms with E-state index >= 15 is 0 Å². The molecule has 2 atom stereocenters. The summed E-state index contributed by atoms with van der Waals surface area (Å²) in [6.07, 6.45) is 1.36. The Hall–Kier alpha value is -3.62. The molecule has 1 aliphatic heterocycles. The molecule has 29 heavy (non-hydrogen) atoms. The van der Waals surface area contributed by atoms with Crippen LogP contribution in [0.4, 0.5) is 0 Å². The van der Waals surface area contributed by atoms with E-state index in [2.05, 4.69) is 10.9 Å². The van der Waals surface area contributed by atoms with Gasteiger partial charge in [-0.1, -0.05) is 30.3 Å². The van der Waals surface area contributed by atoms with Crippen LogP contribution in [0.5, 0.6) is 0 Å². The summed E-state index contributed by atoms with van der Waals surface area (Å²) >= 11 is 0. The SMILES string of the molecule is C[C@H](c1ccccc1)N1C[C@H](C(=O)OCC(=O)NNC(=O)c2ccco2)CC1=O. The number of nitrogens with one attached hydrogen (secondary N) is 2. The van der Waals surface area contributed by atoms with Crippen LogP contribution in [-0.2, 0) is 19.1 Å². The molecule has 9 heteroatoms. The molecular formula is C20H21N3O6. The lowest BCUT2D eigenvalue weighted by atomic mass is 10.1. The van der Waals surface area contributed by atoms with Crippen LogP contribution < -0.4 is 10.9 Å². The Bertz CT molecular complexity index is 881. The predicted molar refractivity (Wildman–Crippen MR) is 100.0 cm³/mol. The van der Waals surface area contributed by atoms with E-state index < -0.39 is 30.3 Å². The van der Waals surface area contributed by atoms with Crippen LogP contribution in [0.1, 0.15) is 35.5 Å². The molecule has 3 amide bonds. The van der Waals surface area contributed by atoms with Crippen molar-refractivity contribution in [3.05, 3.63) is 60.1 Å². The molecule has 1 aromatic carbocycles. The number of benzene rings is 1. The third-order valence-corrected chi connectivity index (χ3v) is 4.65. The lowest BCUT2D eigenvalue weighted by Crippen LogP contribution is -2.43. The standard InChI is InChI=1S/C20H21N3O6/c1-13(14-6-3-2-4-7-14)23-11-15(10-18(23)25)20(27)29-12-17(24)21-22-19(26)16-8-5-9-28-16/h2-9,13,15H,10-12H2,1H3,(H,21,24)(H,22,26)/t13-,15-/m1/s1. The maximum absolute atomic E-state index is 12.3. The number of rotatable bonds is 6. The Morgan fingerprint density at radius 3 is 2.62 bits per heavy atom. The smallest absolute Gasteiger partial charge is 0.311 e. The number of ether oxygens (including phenoxy) is 1. The normalized spacial score (nSPS) is 16.9. The van der Waals surface area contributed by atoms with E-state index in [-0.39, 0.29) is 30.7 Å². The van der Waals surface area contributed by atoms with Gasteiger partial charge in [-0.15, -0.1) is 0 Å². The first-order chi connectivity index (χ1) is 14.0. The molecule has 1 aromatic heterocycles. The third-order valence-electron chi connectivity index (χ3n) is 4.65. The number of likely N-dealkylation sites (tertiary alicyclic amines) is 1. The topological polar surface area (TPSA) is 118 Å². The Kier molecular flexibility index (Phi) is 6.28. The molecule has 2 aromatic rings. The fourth-order valence-corrected chi connectivity index (χ4v) is 3.06. The van der Waals surface area contributed by atoms with Gasteiger partial charge in [0.15, 0.2) is 12.4 Å². The van der Waals surface area contributed by atoms with Crippen LogP contribution in [0.25, 0.3) is 0 Å². The number of carbonyl (C=O) groups excluding carboxylic acids is 4. The van der Waals surface area contributed by atoms with Gasteiger partial charge in [0, 0.05) is 13.0 Å². The van der Waals surface area contributed by atoms with Crippen molar-refractivity contribution in [2.45, 2.75) is 19.4 Å². The molecule has 3 rings (SSSR count). The summed E-state index contributed by atoms with van der Waals surface area (Å²) in [5.74, 6) is -2.73. The van der Waals surface area contributed by atoms with Crippen molar-refractivity contribution in [1.82, 2.24) is 15.8 Å². The van der Waals surface area contributed by atoms with Crippen LogP contribution in [0.3, 0.4) is 0 Å². The zero-order valence-electron chi connectivity index (χ0n) is 15.8. The van der Waals surface area contributed by atoms with Gasteiger partial charge >= 0.3 is 11.9 Å². The average molecular weight is 399 g/mol. The number of hydrogen-bond acceptors (Lipinski definition) is 6. The highest BCUT2D eigenvalue weighted by Gasteiger charge is 2.38. The summed E-state index contributed by atoms with van der Waals surface area (Å²) in [5, 5.41) is 0. The van der Waals surface area contributed by atoms with E-state index in [0.717, 1.165) is 5.56 Å². The maximum atomic E-state index is 12.3. The second kappa shape index (κ2) is 9.05. The van der Waals surface area contributed by atoms with Crippen LogP contribution in [-0.4, -0.2) is 41.7 Å². The highest BCUT2D eigenvalue weighted by atomic mass is 16.5. The van der Waals surface area contributed by atoms with Crippen molar-refractivity contribution in [3.63, 3.8) is 0 Å². The summed E-state index contributed by atoms with van der Waals surface area (Å²) in [4.78, 5) is 49.6. The Morgan fingerprint density at radius 1 is 1.17 bits per heavy atom. The lowest BCUT2D eigenvalue weighted by Gasteiger charge is -2.25. The van der Waals surface area contributed by atoms with E-state index in [9.17, 15) is 19.2 Å². The number of furan rings is 1. The third kappa shape index (κ3) is 5.01. The minimum atomic E-state index is -0.711. The Balaban J connectivity index is 1.44. The average Bonchev–Trinajstić information content (AvgIpc) is 3.40. The number of nitrogens with zero attached hydrogens (tertiary/aromatic N) is 1. The zero-order chi connectivity index (χ0) is 20.8. The first-order valence-corrected chi connectivity index (χ1v) is 9.09.